The van der Waals surface area contributed by atoms with Crippen LogP contribution in [0.3, 0.4) is 0 Å². The molecule has 0 aliphatic heterocycles. The Morgan fingerprint density at radius 3 is 2.42 bits per heavy atom. The summed E-state index contributed by atoms with van der Waals surface area (Å²) in [5.74, 6) is 0.715. The molecule has 1 heterocycles. The standard InChI is InChI=1S/C17H14O2/c18-12-15-14-8-4-5-9-16(14)19-17(15)11-10-13-6-2-1-3-7-13/h1-11,18H,12H2/b11-10+. The van der Waals surface area contributed by atoms with E-state index in [1.807, 2.05) is 66.7 Å². The molecule has 0 amide bonds. The van der Waals surface area contributed by atoms with Crippen LogP contribution in [0, 0.1) is 0 Å². The van der Waals surface area contributed by atoms with E-state index in [1.165, 1.54) is 0 Å². The minimum absolute atomic E-state index is 0.0223. The lowest BCUT2D eigenvalue weighted by molar-refractivity contribution is 0.281. The second-order valence-electron chi connectivity index (χ2n) is 4.34. The Hall–Kier alpha value is -2.32. The summed E-state index contributed by atoms with van der Waals surface area (Å²) in [6.45, 7) is -0.0223. The molecule has 0 saturated carbocycles. The molecular weight excluding hydrogens is 236 g/mol. The molecule has 1 aromatic heterocycles. The maximum absolute atomic E-state index is 9.51. The smallest absolute Gasteiger partial charge is 0.135 e. The van der Waals surface area contributed by atoms with Gasteiger partial charge in [-0.15, -0.1) is 0 Å². The van der Waals surface area contributed by atoms with Crippen LogP contribution in [-0.2, 0) is 6.61 Å². The molecule has 0 aliphatic carbocycles. The third-order valence-corrected chi connectivity index (χ3v) is 3.11. The predicted octanol–water partition coefficient (Wildman–Crippen LogP) is 4.10. The van der Waals surface area contributed by atoms with Crippen molar-refractivity contribution in [2.45, 2.75) is 6.61 Å². The summed E-state index contributed by atoms with van der Waals surface area (Å²) >= 11 is 0. The van der Waals surface area contributed by atoms with Crippen LogP contribution >= 0.6 is 0 Å². The molecule has 19 heavy (non-hydrogen) atoms. The Balaban J connectivity index is 2.03. The minimum Gasteiger partial charge on any atom is -0.456 e. The van der Waals surface area contributed by atoms with Crippen LogP contribution in [0.2, 0.25) is 0 Å². The second-order valence-corrected chi connectivity index (χ2v) is 4.34. The van der Waals surface area contributed by atoms with E-state index in [4.69, 9.17) is 4.42 Å². The van der Waals surface area contributed by atoms with Gasteiger partial charge in [-0.25, -0.2) is 0 Å². The summed E-state index contributed by atoms with van der Waals surface area (Å²) in [5.41, 5.74) is 2.74. The highest BCUT2D eigenvalue weighted by Crippen LogP contribution is 2.27. The van der Waals surface area contributed by atoms with Gasteiger partial charge in [-0.05, 0) is 17.7 Å². The average molecular weight is 250 g/mol. The SMILES string of the molecule is OCc1c(/C=C/c2ccccc2)oc2ccccc12. The molecule has 2 heteroatoms. The van der Waals surface area contributed by atoms with Crippen LogP contribution < -0.4 is 0 Å². The van der Waals surface area contributed by atoms with Crippen LogP contribution in [0.25, 0.3) is 23.1 Å². The Labute approximate surface area is 111 Å². The van der Waals surface area contributed by atoms with E-state index in [1.54, 1.807) is 0 Å². The van der Waals surface area contributed by atoms with Crippen LogP contribution in [0.15, 0.2) is 59.0 Å². The summed E-state index contributed by atoms with van der Waals surface area (Å²) in [7, 11) is 0. The third-order valence-electron chi connectivity index (χ3n) is 3.11. The van der Waals surface area contributed by atoms with Crippen molar-refractivity contribution in [3.63, 3.8) is 0 Å². The molecule has 1 N–H and O–H groups in total. The summed E-state index contributed by atoms with van der Waals surface area (Å²) in [4.78, 5) is 0. The van der Waals surface area contributed by atoms with E-state index in [2.05, 4.69) is 0 Å². The number of rotatable bonds is 3. The van der Waals surface area contributed by atoms with Gasteiger partial charge >= 0.3 is 0 Å². The second kappa shape index (κ2) is 5.12. The van der Waals surface area contributed by atoms with E-state index in [9.17, 15) is 5.11 Å². The van der Waals surface area contributed by atoms with Crippen LogP contribution in [0.4, 0.5) is 0 Å². The van der Waals surface area contributed by atoms with Crippen molar-refractivity contribution >= 4 is 23.1 Å². The first kappa shape index (κ1) is 11.8. The zero-order valence-electron chi connectivity index (χ0n) is 10.4. The first-order chi connectivity index (χ1) is 9.38. The number of furan rings is 1. The van der Waals surface area contributed by atoms with Gasteiger partial charge in [0.15, 0.2) is 0 Å². The number of benzene rings is 2. The summed E-state index contributed by atoms with van der Waals surface area (Å²) in [6.07, 6.45) is 3.89. The normalized spacial score (nSPS) is 11.4. The van der Waals surface area contributed by atoms with Gasteiger partial charge in [-0.3, -0.25) is 0 Å². The highest BCUT2D eigenvalue weighted by atomic mass is 16.3. The molecular formula is C17H14O2. The zero-order valence-corrected chi connectivity index (χ0v) is 10.4. The van der Waals surface area contributed by atoms with Crippen molar-refractivity contribution < 1.29 is 9.52 Å². The van der Waals surface area contributed by atoms with Gasteiger partial charge in [-0.1, -0.05) is 54.6 Å². The van der Waals surface area contributed by atoms with E-state index in [0.29, 0.717) is 5.76 Å². The summed E-state index contributed by atoms with van der Waals surface area (Å²) in [6, 6.07) is 17.8. The Morgan fingerprint density at radius 2 is 1.63 bits per heavy atom. The van der Waals surface area contributed by atoms with E-state index in [0.717, 1.165) is 22.1 Å². The third kappa shape index (κ3) is 2.30. The molecule has 3 rings (SSSR count). The van der Waals surface area contributed by atoms with Crippen molar-refractivity contribution in [3.05, 3.63) is 71.5 Å². The zero-order chi connectivity index (χ0) is 13.1. The first-order valence-electron chi connectivity index (χ1n) is 6.23. The number of aliphatic hydroxyl groups excluding tert-OH is 1. The van der Waals surface area contributed by atoms with E-state index in [-0.39, 0.29) is 6.61 Å². The molecule has 0 spiro atoms. The topological polar surface area (TPSA) is 33.4 Å². The number of hydrogen-bond donors (Lipinski definition) is 1. The molecule has 0 unspecified atom stereocenters. The summed E-state index contributed by atoms with van der Waals surface area (Å²) < 4.78 is 5.76. The number of fused-ring (bicyclic) bond motifs is 1. The Morgan fingerprint density at radius 1 is 0.895 bits per heavy atom. The lowest BCUT2D eigenvalue weighted by Crippen LogP contribution is -1.83. The molecule has 0 fully saturated rings. The molecule has 0 saturated heterocycles. The van der Waals surface area contributed by atoms with Gasteiger partial charge in [0, 0.05) is 10.9 Å². The molecule has 94 valence electrons. The van der Waals surface area contributed by atoms with Crippen LogP contribution in [0.1, 0.15) is 16.9 Å². The molecule has 0 bridgehead atoms. The summed E-state index contributed by atoms with van der Waals surface area (Å²) in [5, 5.41) is 10.5. The van der Waals surface area contributed by atoms with Gasteiger partial charge < -0.3 is 9.52 Å². The molecule has 0 aliphatic rings. The minimum atomic E-state index is -0.0223. The van der Waals surface area contributed by atoms with Gasteiger partial charge in [0.05, 0.1) is 6.61 Å². The van der Waals surface area contributed by atoms with Crippen molar-refractivity contribution in [1.82, 2.24) is 0 Å². The van der Waals surface area contributed by atoms with Gasteiger partial charge in [0.25, 0.3) is 0 Å². The van der Waals surface area contributed by atoms with Gasteiger partial charge in [0.1, 0.15) is 11.3 Å². The highest BCUT2D eigenvalue weighted by molar-refractivity contribution is 5.86. The fraction of sp³-hybridized carbons (Fsp3) is 0.0588. The van der Waals surface area contributed by atoms with Crippen LogP contribution in [0.5, 0.6) is 0 Å². The maximum atomic E-state index is 9.51. The lowest BCUT2D eigenvalue weighted by Gasteiger charge is -1.94. The quantitative estimate of drug-likeness (QED) is 0.759. The first-order valence-corrected chi connectivity index (χ1v) is 6.23. The fourth-order valence-electron chi connectivity index (χ4n) is 2.15. The monoisotopic (exact) mass is 250 g/mol. The van der Waals surface area contributed by atoms with E-state index < -0.39 is 0 Å². The highest BCUT2D eigenvalue weighted by Gasteiger charge is 2.10. The molecule has 0 radical (unpaired) electrons. The van der Waals surface area contributed by atoms with E-state index >= 15 is 0 Å². The number of para-hydroxylation sites is 1. The van der Waals surface area contributed by atoms with Crippen molar-refractivity contribution in [2.24, 2.45) is 0 Å². The largest absolute Gasteiger partial charge is 0.456 e. The van der Waals surface area contributed by atoms with Gasteiger partial charge in [0.2, 0.25) is 0 Å². The number of hydrogen-bond acceptors (Lipinski definition) is 2. The predicted molar refractivity (Wildman–Crippen MR) is 77.5 cm³/mol. The number of aliphatic hydroxyl groups is 1. The lowest BCUT2D eigenvalue weighted by atomic mass is 10.1. The average Bonchev–Trinajstić information content (AvgIpc) is 2.83. The van der Waals surface area contributed by atoms with Crippen LogP contribution in [-0.4, -0.2) is 5.11 Å². The van der Waals surface area contributed by atoms with Crippen molar-refractivity contribution in [1.29, 1.82) is 0 Å². The molecule has 0 atom stereocenters. The van der Waals surface area contributed by atoms with Gasteiger partial charge in [-0.2, -0.15) is 0 Å². The fourth-order valence-corrected chi connectivity index (χ4v) is 2.15. The Kier molecular flexibility index (Phi) is 3.17. The molecule has 2 aromatic carbocycles. The Bertz CT molecular complexity index is 708. The molecule has 2 nitrogen and oxygen atoms in total. The van der Waals surface area contributed by atoms with Crippen molar-refractivity contribution in [3.8, 4) is 0 Å². The molecule has 3 aromatic rings. The maximum Gasteiger partial charge on any atom is 0.135 e. The van der Waals surface area contributed by atoms with Crippen molar-refractivity contribution in [2.75, 3.05) is 0 Å².